The molecule has 3 aromatic rings. The van der Waals surface area contributed by atoms with Crippen LogP contribution in [0.4, 0.5) is 5.69 Å². The molecule has 0 aliphatic heterocycles. The number of rotatable bonds is 6. The summed E-state index contributed by atoms with van der Waals surface area (Å²) in [6.45, 7) is 1.76. The quantitative estimate of drug-likeness (QED) is 0.686. The first-order valence-electron chi connectivity index (χ1n) is 8.73. The first-order valence-corrected chi connectivity index (χ1v) is 8.73. The van der Waals surface area contributed by atoms with Gasteiger partial charge in [0, 0.05) is 12.6 Å². The third-order valence-electron chi connectivity index (χ3n) is 4.23. The number of amides is 2. The van der Waals surface area contributed by atoms with Crippen LogP contribution in [-0.2, 0) is 11.2 Å². The number of benzene rings is 2. The molecule has 0 aliphatic carbocycles. The minimum atomic E-state index is -0.283. The fraction of sp³-hybridized carbons (Fsp3) is 0.190. The molecule has 0 unspecified atom stereocenters. The van der Waals surface area contributed by atoms with E-state index in [1.165, 1.54) is 0 Å². The number of para-hydroxylation sites is 1. The third-order valence-corrected chi connectivity index (χ3v) is 4.23. The van der Waals surface area contributed by atoms with E-state index in [1.807, 2.05) is 24.3 Å². The van der Waals surface area contributed by atoms with Gasteiger partial charge in [-0.25, -0.2) is 4.98 Å². The Hall–Kier alpha value is -3.61. The van der Waals surface area contributed by atoms with Crippen molar-refractivity contribution >= 4 is 17.5 Å². The van der Waals surface area contributed by atoms with Gasteiger partial charge in [0.1, 0.15) is 11.5 Å². The van der Waals surface area contributed by atoms with Crippen molar-refractivity contribution < 1.29 is 18.7 Å². The van der Waals surface area contributed by atoms with Gasteiger partial charge in [-0.1, -0.05) is 12.1 Å². The van der Waals surface area contributed by atoms with Crippen LogP contribution < -0.4 is 15.4 Å². The summed E-state index contributed by atoms with van der Waals surface area (Å²) >= 11 is 0. The molecular weight excluding hydrogens is 358 g/mol. The molecule has 1 heterocycles. The number of oxazole rings is 1. The summed E-state index contributed by atoms with van der Waals surface area (Å²) in [6, 6.07) is 14.1. The highest BCUT2D eigenvalue weighted by Crippen LogP contribution is 2.24. The Balaban J connectivity index is 1.75. The normalized spacial score (nSPS) is 10.4. The van der Waals surface area contributed by atoms with Crippen molar-refractivity contribution in [3.05, 3.63) is 65.5 Å². The van der Waals surface area contributed by atoms with Gasteiger partial charge in [0.25, 0.3) is 5.91 Å². The number of nitrogens with zero attached hydrogens (tertiary/aromatic N) is 1. The van der Waals surface area contributed by atoms with Gasteiger partial charge < -0.3 is 19.8 Å². The zero-order chi connectivity index (χ0) is 20.1. The highest BCUT2D eigenvalue weighted by Gasteiger charge is 2.17. The molecule has 0 aliphatic rings. The summed E-state index contributed by atoms with van der Waals surface area (Å²) in [5.74, 6) is 1.19. The van der Waals surface area contributed by atoms with Crippen molar-refractivity contribution in [2.75, 3.05) is 19.5 Å². The monoisotopic (exact) mass is 379 g/mol. The average molecular weight is 379 g/mol. The Morgan fingerprint density at radius 1 is 1.11 bits per heavy atom. The summed E-state index contributed by atoms with van der Waals surface area (Å²) in [5, 5.41) is 5.32. The van der Waals surface area contributed by atoms with E-state index in [-0.39, 0.29) is 18.2 Å². The Kier molecular flexibility index (Phi) is 5.74. The number of carbonyl (C=O) groups excluding carboxylic acids is 2. The van der Waals surface area contributed by atoms with Crippen LogP contribution in [0, 0.1) is 6.92 Å². The van der Waals surface area contributed by atoms with Gasteiger partial charge in [-0.3, -0.25) is 9.59 Å². The lowest BCUT2D eigenvalue weighted by Crippen LogP contribution is -2.22. The Bertz CT molecular complexity index is 993. The highest BCUT2D eigenvalue weighted by atomic mass is 16.5. The molecular formula is C21H21N3O4. The second kappa shape index (κ2) is 8.39. The molecule has 0 fully saturated rings. The summed E-state index contributed by atoms with van der Waals surface area (Å²) in [5.41, 5.74) is 2.18. The number of aromatic nitrogens is 1. The highest BCUT2D eigenvalue weighted by molar-refractivity contribution is 6.03. The van der Waals surface area contributed by atoms with E-state index in [1.54, 1.807) is 45.3 Å². The standard InChI is InChI=1S/C21H21N3O4/c1-13-18(24-21(28-13)14-8-10-15(27-3)11-9-14)12-19(25)23-17-7-5-4-6-16(17)20(26)22-2/h4-11H,12H2,1-3H3,(H,22,26)(H,23,25). The molecule has 2 N–H and O–H groups in total. The van der Waals surface area contributed by atoms with Crippen molar-refractivity contribution in [3.63, 3.8) is 0 Å². The van der Waals surface area contributed by atoms with E-state index in [2.05, 4.69) is 15.6 Å². The minimum absolute atomic E-state index is 0.0353. The number of hydrogen-bond donors (Lipinski definition) is 2. The predicted molar refractivity (Wildman–Crippen MR) is 105 cm³/mol. The van der Waals surface area contributed by atoms with E-state index in [0.29, 0.717) is 28.6 Å². The molecule has 7 nitrogen and oxygen atoms in total. The van der Waals surface area contributed by atoms with Gasteiger partial charge in [-0.2, -0.15) is 0 Å². The minimum Gasteiger partial charge on any atom is -0.497 e. The van der Waals surface area contributed by atoms with Gasteiger partial charge in [-0.05, 0) is 43.3 Å². The van der Waals surface area contributed by atoms with Crippen LogP contribution in [0.15, 0.2) is 52.9 Å². The van der Waals surface area contributed by atoms with Crippen molar-refractivity contribution in [1.29, 1.82) is 0 Å². The van der Waals surface area contributed by atoms with E-state index >= 15 is 0 Å². The zero-order valence-corrected chi connectivity index (χ0v) is 15.9. The van der Waals surface area contributed by atoms with Crippen LogP contribution in [-0.4, -0.2) is 31.0 Å². The molecule has 7 heteroatoms. The number of anilines is 1. The van der Waals surface area contributed by atoms with Crippen LogP contribution in [0.25, 0.3) is 11.5 Å². The maximum atomic E-state index is 12.5. The van der Waals surface area contributed by atoms with Gasteiger partial charge >= 0.3 is 0 Å². The Labute approximate surface area is 162 Å². The molecule has 0 radical (unpaired) electrons. The third kappa shape index (κ3) is 4.20. The van der Waals surface area contributed by atoms with E-state index in [4.69, 9.17) is 9.15 Å². The largest absolute Gasteiger partial charge is 0.497 e. The topological polar surface area (TPSA) is 93.5 Å². The summed E-state index contributed by atoms with van der Waals surface area (Å²) in [6.07, 6.45) is 0.0353. The number of methoxy groups -OCH3 is 1. The maximum Gasteiger partial charge on any atom is 0.253 e. The summed E-state index contributed by atoms with van der Waals surface area (Å²) in [7, 11) is 3.14. The molecule has 0 bridgehead atoms. The first-order chi connectivity index (χ1) is 13.5. The molecule has 0 spiro atoms. The number of ether oxygens (including phenoxy) is 1. The number of hydrogen-bond acceptors (Lipinski definition) is 5. The van der Waals surface area contributed by atoms with Crippen LogP contribution in [0.2, 0.25) is 0 Å². The zero-order valence-electron chi connectivity index (χ0n) is 15.9. The lowest BCUT2D eigenvalue weighted by atomic mass is 10.1. The molecule has 0 saturated carbocycles. The van der Waals surface area contributed by atoms with Crippen molar-refractivity contribution in [2.24, 2.45) is 0 Å². The first kappa shape index (κ1) is 19.2. The lowest BCUT2D eigenvalue weighted by Gasteiger charge is -2.09. The van der Waals surface area contributed by atoms with Gasteiger partial charge in [0.05, 0.1) is 30.5 Å². The molecule has 2 aromatic carbocycles. The Morgan fingerprint density at radius 3 is 2.50 bits per heavy atom. The number of carbonyl (C=O) groups is 2. The van der Waals surface area contributed by atoms with Gasteiger partial charge in [0.15, 0.2) is 0 Å². The number of aryl methyl sites for hydroxylation is 1. The molecule has 3 rings (SSSR count). The fourth-order valence-corrected chi connectivity index (χ4v) is 2.72. The number of nitrogens with one attached hydrogen (secondary N) is 2. The summed E-state index contributed by atoms with van der Waals surface area (Å²) in [4.78, 5) is 28.9. The SMILES string of the molecule is CNC(=O)c1ccccc1NC(=O)Cc1nc(-c2ccc(OC)cc2)oc1C. The second-order valence-electron chi connectivity index (χ2n) is 6.10. The maximum absolute atomic E-state index is 12.5. The van der Waals surface area contributed by atoms with E-state index in [0.717, 1.165) is 11.3 Å². The van der Waals surface area contributed by atoms with E-state index < -0.39 is 0 Å². The van der Waals surface area contributed by atoms with Crippen LogP contribution in [0.3, 0.4) is 0 Å². The average Bonchev–Trinajstić information content (AvgIpc) is 3.08. The van der Waals surface area contributed by atoms with Crippen molar-refractivity contribution in [2.45, 2.75) is 13.3 Å². The fourth-order valence-electron chi connectivity index (χ4n) is 2.72. The lowest BCUT2D eigenvalue weighted by molar-refractivity contribution is -0.115. The van der Waals surface area contributed by atoms with E-state index in [9.17, 15) is 9.59 Å². The smallest absolute Gasteiger partial charge is 0.253 e. The Morgan fingerprint density at radius 2 is 1.82 bits per heavy atom. The van der Waals surface area contributed by atoms with Crippen LogP contribution in [0.1, 0.15) is 21.8 Å². The van der Waals surface area contributed by atoms with Gasteiger partial charge in [0.2, 0.25) is 11.8 Å². The molecule has 1 aromatic heterocycles. The van der Waals surface area contributed by atoms with Crippen LogP contribution >= 0.6 is 0 Å². The van der Waals surface area contributed by atoms with Crippen molar-refractivity contribution in [1.82, 2.24) is 10.3 Å². The second-order valence-corrected chi connectivity index (χ2v) is 6.10. The van der Waals surface area contributed by atoms with Crippen molar-refractivity contribution in [3.8, 4) is 17.2 Å². The molecule has 28 heavy (non-hydrogen) atoms. The summed E-state index contributed by atoms with van der Waals surface area (Å²) < 4.78 is 10.9. The molecule has 0 saturated heterocycles. The molecule has 144 valence electrons. The molecule has 2 amide bonds. The predicted octanol–water partition coefficient (Wildman–Crippen LogP) is 3.20. The van der Waals surface area contributed by atoms with Crippen LogP contribution in [0.5, 0.6) is 5.75 Å². The molecule has 0 atom stereocenters. The van der Waals surface area contributed by atoms with Gasteiger partial charge in [-0.15, -0.1) is 0 Å².